The van der Waals surface area contributed by atoms with E-state index in [4.69, 9.17) is 5.11 Å². The summed E-state index contributed by atoms with van der Waals surface area (Å²) in [5.41, 5.74) is 2.03. The Hall–Kier alpha value is -2.25. The highest BCUT2D eigenvalue weighted by Gasteiger charge is 2.19. The van der Waals surface area contributed by atoms with Crippen LogP contribution in [0.25, 0.3) is 0 Å². The first-order chi connectivity index (χ1) is 11.2. The van der Waals surface area contributed by atoms with Gasteiger partial charge in [0, 0.05) is 37.9 Å². The van der Waals surface area contributed by atoms with Crippen LogP contribution >= 0.6 is 0 Å². The van der Waals surface area contributed by atoms with E-state index in [1.54, 1.807) is 6.20 Å². The van der Waals surface area contributed by atoms with Gasteiger partial charge in [0.25, 0.3) is 0 Å². The average molecular weight is 315 g/mol. The fraction of sp³-hybridized carbons (Fsp3) is 0.438. The Morgan fingerprint density at radius 2 is 1.96 bits per heavy atom. The van der Waals surface area contributed by atoms with Gasteiger partial charge in [-0.2, -0.15) is 5.10 Å². The molecule has 23 heavy (non-hydrogen) atoms. The third-order valence-corrected chi connectivity index (χ3v) is 4.12. The van der Waals surface area contributed by atoms with E-state index in [1.165, 1.54) is 0 Å². The summed E-state index contributed by atoms with van der Waals surface area (Å²) in [4.78, 5) is 20.2. The van der Waals surface area contributed by atoms with Gasteiger partial charge in [0.15, 0.2) is 0 Å². The molecule has 0 amide bonds. The zero-order valence-corrected chi connectivity index (χ0v) is 13.0. The molecule has 2 N–H and O–H groups in total. The van der Waals surface area contributed by atoms with Gasteiger partial charge in [-0.1, -0.05) is 6.07 Å². The molecule has 0 unspecified atom stereocenters. The molecule has 1 saturated heterocycles. The minimum Gasteiger partial charge on any atom is -0.477 e. The van der Waals surface area contributed by atoms with Crippen molar-refractivity contribution in [2.24, 2.45) is 0 Å². The van der Waals surface area contributed by atoms with Crippen LogP contribution in [0.1, 0.15) is 28.2 Å². The van der Waals surface area contributed by atoms with Gasteiger partial charge in [-0.3, -0.25) is 19.9 Å². The molecular formula is C16H21N5O2. The van der Waals surface area contributed by atoms with Crippen molar-refractivity contribution in [2.75, 3.05) is 26.2 Å². The molecule has 1 fully saturated rings. The smallest absolute Gasteiger partial charge is 0.354 e. The van der Waals surface area contributed by atoms with Crippen molar-refractivity contribution < 1.29 is 9.90 Å². The molecule has 2 aromatic heterocycles. The Bertz CT molecular complexity index is 643. The maximum atomic E-state index is 11.1. The van der Waals surface area contributed by atoms with Gasteiger partial charge < -0.3 is 5.11 Å². The number of nitrogens with zero attached hydrogens (tertiary/aromatic N) is 4. The van der Waals surface area contributed by atoms with E-state index in [0.717, 1.165) is 50.4 Å². The number of rotatable bonds is 5. The van der Waals surface area contributed by atoms with Gasteiger partial charge in [0.2, 0.25) is 0 Å². The highest BCUT2D eigenvalue weighted by Crippen LogP contribution is 2.12. The molecule has 0 saturated carbocycles. The number of carboxylic acids is 1. The van der Waals surface area contributed by atoms with Crippen LogP contribution in [0, 0.1) is 0 Å². The van der Waals surface area contributed by atoms with Gasteiger partial charge in [-0.15, -0.1) is 0 Å². The standard InChI is InChI=1S/C16H21N5O2/c22-16(23)15-13(10-18-19-15)11-20-6-3-7-21(9-8-20)12-14-4-1-2-5-17-14/h1-2,4-5,10H,3,6-9,11-12H2,(H,18,19)(H,22,23). The Morgan fingerprint density at radius 3 is 2.65 bits per heavy atom. The lowest BCUT2D eigenvalue weighted by atomic mass is 10.2. The summed E-state index contributed by atoms with van der Waals surface area (Å²) in [5, 5.41) is 15.5. The van der Waals surface area contributed by atoms with E-state index < -0.39 is 5.97 Å². The monoisotopic (exact) mass is 315 g/mol. The van der Waals surface area contributed by atoms with Crippen LogP contribution in [0.4, 0.5) is 0 Å². The summed E-state index contributed by atoms with van der Waals surface area (Å²) in [7, 11) is 0. The van der Waals surface area contributed by atoms with Crippen LogP contribution in [0.15, 0.2) is 30.6 Å². The van der Waals surface area contributed by atoms with Gasteiger partial charge >= 0.3 is 5.97 Å². The summed E-state index contributed by atoms with van der Waals surface area (Å²) in [5.74, 6) is -0.955. The van der Waals surface area contributed by atoms with Crippen molar-refractivity contribution in [3.63, 3.8) is 0 Å². The number of aromatic nitrogens is 3. The van der Waals surface area contributed by atoms with Gasteiger partial charge in [0.1, 0.15) is 5.69 Å². The SMILES string of the molecule is O=C(O)c1[nH]ncc1CN1CCCN(Cc2ccccn2)CC1. The Morgan fingerprint density at radius 1 is 1.17 bits per heavy atom. The number of hydrogen-bond acceptors (Lipinski definition) is 5. The maximum Gasteiger partial charge on any atom is 0.354 e. The van der Waals surface area contributed by atoms with Crippen molar-refractivity contribution in [3.05, 3.63) is 47.5 Å². The predicted octanol–water partition coefficient (Wildman–Crippen LogP) is 1.21. The first-order valence-electron chi connectivity index (χ1n) is 7.82. The van der Waals surface area contributed by atoms with Crippen LogP contribution < -0.4 is 0 Å². The highest BCUT2D eigenvalue weighted by atomic mass is 16.4. The molecule has 122 valence electrons. The molecule has 2 aromatic rings. The lowest BCUT2D eigenvalue weighted by molar-refractivity contribution is 0.0688. The lowest BCUT2D eigenvalue weighted by Gasteiger charge is -2.21. The number of hydrogen-bond donors (Lipinski definition) is 2. The number of nitrogens with one attached hydrogen (secondary N) is 1. The minimum atomic E-state index is -0.955. The molecule has 0 spiro atoms. The van der Waals surface area contributed by atoms with E-state index in [9.17, 15) is 4.79 Å². The van der Waals surface area contributed by atoms with E-state index in [-0.39, 0.29) is 5.69 Å². The third-order valence-electron chi connectivity index (χ3n) is 4.12. The maximum absolute atomic E-state index is 11.1. The van der Waals surface area contributed by atoms with Crippen molar-refractivity contribution in [1.29, 1.82) is 0 Å². The molecule has 3 rings (SSSR count). The first kappa shape index (κ1) is 15.6. The van der Waals surface area contributed by atoms with Crippen LogP contribution in [-0.2, 0) is 13.1 Å². The van der Waals surface area contributed by atoms with Gasteiger partial charge in [0.05, 0.1) is 11.9 Å². The van der Waals surface area contributed by atoms with E-state index in [1.807, 2.05) is 24.4 Å². The first-order valence-corrected chi connectivity index (χ1v) is 7.82. The summed E-state index contributed by atoms with van der Waals surface area (Å²) in [6, 6.07) is 5.99. The summed E-state index contributed by atoms with van der Waals surface area (Å²) in [6.45, 7) is 5.34. The van der Waals surface area contributed by atoms with E-state index in [2.05, 4.69) is 25.0 Å². The second kappa shape index (κ2) is 7.34. The molecule has 0 aromatic carbocycles. The Balaban J connectivity index is 1.56. The van der Waals surface area contributed by atoms with Crippen LogP contribution in [0.3, 0.4) is 0 Å². The molecule has 1 aliphatic rings. The zero-order valence-electron chi connectivity index (χ0n) is 13.0. The predicted molar refractivity (Wildman–Crippen MR) is 85.0 cm³/mol. The molecule has 0 atom stereocenters. The van der Waals surface area contributed by atoms with E-state index >= 15 is 0 Å². The molecule has 3 heterocycles. The number of carboxylic acid groups (broad SMARTS) is 1. The molecule has 0 aliphatic carbocycles. The van der Waals surface area contributed by atoms with E-state index in [0.29, 0.717) is 6.54 Å². The Kier molecular flexibility index (Phi) is 4.99. The molecule has 0 bridgehead atoms. The second-order valence-corrected chi connectivity index (χ2v) is 5.80. The topological polar surface area (TPSA) is 85.3 Å². The summed E-state index contributed by atoms with van der Waals surface area (Å²) >= 11 is 0. The fourth-order valence-electron chi connectivity index (χ4n) is 2.92. The van der Waals surface area contributed by atoms with Crippen LogP contribution in [0.5, 0.6) is 0 Å². The van der Waals surface area contributed by atoms with Crippen LogP contribution in [0.2, 0.25) is 0 Å². The normalized spacial score (nSPS) is 17.0. The van der Waals surface area contributed by atoms with Gasteiger partial charge in [-0.05, 0) is 31.6 Å². The molecule has 0 radical (unpaired) electrons. The fourth-order valence-corrected chi connectivity index (χ4v) is 2.92. The molecule has 7 nitrogen and oxygen atoms in total. The number of H-pyrrole nitrogens is 1. The van der Waals surface area contributed by atoms with Crippen molar-refractivity contribution >= 4 is 5.97 Å². The molecular weight excluding hydrogens is 294 g/mol. The summed E-state index contributed by atoms with van der Waals surface area (Å²) in [6.07, 6.45) is 4.50. The molecule has 7 heteroatoms. The van der Waals surface area contributed by atoms with Crippen molar-refractivity contribution in [3.8, 4) is 0 Å². The third kappa shape index (κ3) is 4.14. The quantitative estimate of drug-likeness (QED) is 0.863. The number of pyridine rings is 1. The molecule has 1 aliphatic heterocycles. The van der Waals surface area contributed by atoms with Crippen molar-refractivity contribution in [1.82, 2.24) is 25.0 Å². The highest BCUT2D eigenvalue weighted by molar-refractivity contribution is 5.86. The van der Waals surface area contributed by atoms with Crippen molar-refractivity contribution in [2.45, 2.75) is 19.5 Å². The number of carbonyl (C=O) groups is 1. The number of aromatic carboxylic acids is 1. The average Bonchev–Trinajstić information content (AvgIpc) is 2.90. The van der Waals surface area contributed by atoms with Gasteiger partial charge in [-0.25, -0.2) is 4.79 Å². The Labute approximate surface area is 134 Å². The minimum absolute atomic E-state index is 0.194. The summed E-state index contributed by atoms with van der Waals surface area (Å²) < 4.78 is 0. The van der Waals surface area contributed by atoms with Crippen LogP contribution in [-0.4, -0.2) is 62.2 Å². The number of aromatic amines is 1. The largest absolute Gasteiger partial charge is 0.477 e. The second-order valence-electron chi connectivity index (χ2n) is 5.80. The lowest BCUT2D eigenvalue weighted by Crippen LogP contribution is -2.30. The zero-order chi connectivity index (χ0) is 16.1.